The van der Waals surface area contributed by atoms with Gasteiger partial charge in [0.1, 0.15) is 11.0 Å². The summed E-state index contributed by atoms with van der Waals surface area (Å²) in [6.07, 6.45) is 0.951. The zero-order valence-corrected chi connectivity index (χ0v) is 18.9. The molecule has 3 N–H and O–H groups in total. The molecule has 1 atom stereocenters. The highest BCUT2D eigenvalue weighted by atomic mass is 35.5. The van der Waals surface area contributed by atoms with Gasteiger partial charge in [0, 0.05) is 31.1 Å². The Morgan fingerprint density at radius 1 is 1.25 bits per heavy atom. The normalized spacial score (nSPS) is 11.8. The van der Waals surface area contributed by atoms with Crippen molar-refractivity contribution >= 4 is 56.7 Å². The van der Waals surface area contributed by atoms with E-state index in [-0.39, 0.29) is 17.8 Å². The monoisotopic (exact) mass is 476 g/mol. The van der Waals surface area contributed by atoms with Crippen molar-refractivity contribution in [1.82, 2.24) is 15.3 Å². The van der Waals surface area contributed by atoms with Crippen molar-refractivity contribution < 1.29 is 24.6 Å². The van der Waals surface area contributed by atoms with E-state index in [1.165, 1.54) is 6.20 Å². The first-order chi connectivity index (χ1) is 15.1. The number of hydrogen-bond acceptors (Lipinski definition) is 7. The Morgan fingerprint density at radius 3 is 2.69 bits per heavy atom. The van der Waals surface area contributed by atoms with Gasteiger partial charge in [-0.1, -0.05) is 29.0 Å². The topological polar surface area (TPSA) is 133 Å². The number of carbonyl (C=O) groups is 3. The smallest absolute Gasteiger partial charge is 0.326 e. The van der Waals surface area contributed by atoms with Crippen molar-refractivity contribution in [3.8, 4) is 0 Å². The van der Waals surface area contributed by atoms with Gasteiger partial charge >= 0.3 is 11.9 Å². The van der Waals surface area contributed by atoms with Crippen molar-refractivity contribution in [2.24, 2.45) is 0 Å². The van der Waals surface area contributed by atoms with Gasteiger partial charge in [0.25, 0.3) is 5.91 Å². The Morgan fingerprint density at radius 2 is 2.00 bits per heavy atom. The molecule has 32 heavy (non-hydrogen) atoms. The number of nitrogens with one attached hydrogen (secondary N) is 1. The molecule has 3 rings (SSSR count). The average molecular weight is 477 g/mol. The molecule has 0 bridgehead atoms. The second-order valence-corrected chi connectivity index (χ2v) is 8.67. The summed E-state index contributed by atoms with van der Waals surface area (Å²) in [4.78, 5) is 44.8. The molecular formula is C21H21ClN4O5S. The summed E-state index contributed by atoms with van der Waals surface area (Å²) in [6.45, 7) is 2.41. The molecule has 11 heteroatoms. The highest BCUT2D eigenvalue weighted by molar-refractivity contribution is 7.17. The number of thiazole rings is 1. The minimum Gasteiger partial charge on any atom is -0.481 e. The quantitative estimate of drug-likeness (QED) is 0.428. The third-order valence-electron chi connectivity index (χ3n) is 4.68. The number of anilines is 1. The van der Waals surface area contributed by atoms with Gasteiger partial charge in [0.05, 0.1) is 16.7 Å². The first-order valence-corrected chi connectivity index (χ1v) is 10.8. The second kappa shape index (κ2) is 9.92. The van der Waals surface area contributed by atoms with Gasteiger partial charge in [-0.25, -0.2) is 9.78 Å². The lowest BCUT2D eigenvalue weighted by atomic mass is 10.1. The standard InChI is InChI=1S/C21H21ClN4O5S/c1-11-7-14(22)13-8-12(3-4-15(13)24-11)10-26(2)17-9-23-20(32-17)19(29)25-16(21(30)31)5-6-18(27)28/h3-4,7-9,16H,5-6,10H2,1-2H3,(H,25,29)(H,27,28)(H,30,31)/t16-/m0/s1. The van der Waals surface area contributed by atoms with Crippen LogP contribution in [-0.2, 0) is 16.1 Å². The molecule has 0 spiro atoms. The van der Waals surface area contributed by atoms with E-state index in [4.69, 9.17) is 16.7 Å². The largest absolute Gasteiger partial charge is 0.481 e. The fourth-order valence-corrected chi connectivity index (χ4v) is 4.19. The number of pyridine rings is 1. The summed E-state index contributed by atoms with van der Waals surface area (Å²) in [5, 5.41) is 22.5. The number of fused-ring (bicyclic) bond motifs is 1. The molecular weight excluding hydrogens is 456 g/mol. The molecule has 1 aromatic carbocycles. The number of halogens is 1. The van der Waals surface area contributed by atoms with Crippen LogP contribution in [0.5, 0.6) is 0 Å². The molecule has 2 heterocycles. The Bertz CT molecular complexity index is 1180. The van der Waals surface area contributed by atoms with Crippen molar-refractivity contribution in [2.75, 3.05) is 11.9 Å². The number of aliphatic carboxylic acids is 2. The van der Waals surface area contributed by atoms with Crippen LogP contribution in [0.2, 0.25) is 5.02 Å². The maximum atomic E-state index is 12.4. The fourth-order valence-electron chi connectivity index (χ4n) is 3.10. The van der Waals surface area contributed by atoms with E-state index in [9.17, 15) is 19.5 Å². The Balaban J connectivity index is 1.69. The van der Waals surface area contributed by atoms with Gasteiger partial charge in [0.15, 0.2) is 5.01 Å². The minimum absolute atomic E-state index is 0.0923. The summed E-state index contributed by atoms with van der Waals surface area (Å²) >= 11 is 7.46. The summed E-state index contributed by atoms with van der Waals surface area (Å²) in [7, 11) is 1.85. The third-order valence-corrected chi connectivity index (χ3v) is 6.11. The number of carboxylic acids is 2. The van der Waals surface area contributed by atoms with Gasteiger partial charge in [-0.05, 0) is 37.1 Å². The van der Waals surface area contributed by atoms with Crippen LogP contribution in [0.25, 0.3) is 10.9 Å². The molecule has 0 aliphatic rings. The van der Waals surface area contributed by atoms with Gasteiger partial charge in [-0.15, -0.1) is 0 Å². The molecule has 9 nitrogen and oxygen atoms in total. The number of hydrogen-bond donors (Lipinski definition) is 3. The number of aryl methyl sites for hydroxylation is 1. The highest BCUT2D eigenvalue weighted by Crippen LogP contribution is 2.27. The van der Waals surface area contributed by atoms with E-state index < -0.39 is 23.9 Å². The molecule has 0 aliphatic heterocycles. The van der Waals surface area contributed by atoms with Crippen LogP contribution >= 0.6 is 22.9 Å². The first-order valence-electron chi connectivity index (χ1n) is 9.62. The number of carboxylic acid groups (broad SMARTS) is 2. The lowest BCUT2D eigenvalue weighted by molar-refractivity contribution is -0.140. The first kappa shape index (κ1) is 23.4. The number of nitrogens with zero attached hydrogens (tertiary/aromatic N) is 3. The van der Waals surface area contributed by atoms with Crippen LogP contribution in [0.4, 0.5) is 5.00 Å². The van der Waals surface area contributed by atoms with E-state index in [1.54, 1.807) is 0 Å². The van der Waals surface area contributed by atoms with Crippen LogP contribution < -0.4 is 10.2 Å². The minimum atomic E-state index is -1.30. The van der Waals surface area contributed by atoms with Gasteiger partial charge in [-0.2, -0.15) is 0 Å². The molecule has 2 aromatic heterocycles. The molecule has 168 valence electrons. The second-order valence-electron chi connectivity index (χ2n) is 7.25. The third kappa shape index (κ3) is 5.71. The lowest BCUT2D eigenvalue weighted by Gasteiger charge is -2.17. The van der Waals surface area contributed by atoms with E-state index in [1.807, 2.05) is 43.1 Å². The SMILES string of the molecule is Cc1cc(Cl)c2cc(CN(C)c3cnc(C(=O)N[C@@H](CCC(=O)O)C(=O)O)s3)ccc2n1. The molecule has 0 saturated carbocycles. The average Bonchev–Trinajstić information content (AvgIpc) is 3.21. The van der Waals surface area contributed by atoms with E-state index in [0.29, 0.717) is 16.6 Å². The van der Waals surface area contributed by atoms with E-state index in [0.717, 1.165) is 33.5 Å². The van der Waals surface area contributed by atoms with Gasteiger partial charge < -0.3 is 20.4 Å². The fraction of sp³-hybridized carbons (Fsp3) is 0.286. The maximum absolute atomic E-state index is 12.4. The van der Waals surface area contributed by atoms with Crippen molar-refractivity contribution in [1.29, 1.82) is 0 Å². The Kier molecular flexibility index (Phi) is 7.26. The zero-order valence-electron chi connectivity index (χ0n) is 17.3. The maximum Gasteiger partial charge on any atom is 0.326 e. The Hall–Kier alpha value is -3.24. The molecule has 0 aliphatic carbocycles. The number of amides is 1. The van der Waals surface area contributed by atoms with Crippen LogP contribution in [-0.4, -0.2) is 51.1 Å². The molecule has 0 saturated heterocycles. The van der Waals surface area contributed by atoms with E-state index in [2.05, 4.69) is 15.3 Å². The van der Waals surface area contributed by atoms with Crippen LogP contribution in [0.3, 0.4) is 0 Å². The summed E-state index contributed by atoms with van der Waals surface area (Å²) in [6, 6.07) is 6.34. The zero-order chi connectivity index (χ0) is 23.4. The summed E-state index contributed by atoms with van der Waals surface area (Å²) < 4.78 is 0. The summed E-state index contributed by atoms with van der Waals surface area (Å²) in [5.74, 6) is -3.09. The number of carbonyl (C=O) groups excluding carboxylic acids is 1. The van der Waals surface area contributed by atoms with Crippen LogP contribution in [0.15, 0.2) is 30.5 Å². The summed E-state index contributed by atoms with van der Waals surface area (Å²) in [5.41, 5.74) is 2.65. The molecule has 0 unspecified atom stereocenters. The molecule has 0 fully saturated rings. The van der Waals surface area contributed by atoms with Crippen molar-refractivity contribution in [3.05, 3.63) is 51.7 Å². The molecule has 3 aromatic rings. The van der Waals surface area contributed by atoms with Crippen molar-refractivity contribution in [2.45, 2.75) is 32.4 Å². The van der Waals surface area contributed by atoms with Gasteiger partial charge in [0.2, 0.25) is 0 Å². The molecule has 0 radical (unpaired) electrons. The van der Waals surface area contributed by atoms with Crippen molar-refractivity contribution in [3.63, 3.8) is 0 Å². The number of rotatable bonds is 9. The van der Waals surface area contributed by atoms with E-state index >= 15 is 0 Å². The number of benzene rings is 1. The lowest BCUT2D eigenvalue weighted by Crippen LogP contribution is -2.41. The molecule has 1 amide bonds. The number of aromatic nitrogens is 2. The van der Waals surface area contributed by atoms with Crippen LogP contribution in [0, 0.1) is 6.92 Å². The Labute approximate surface area is 192 Å². The predicted molar refractivity (Wildman–Crippen MR) is 121 cm³/mol. The predicted octanol–water partition coefficient (Wildman–Crippen LogP) is 3.34. The van der Waals surface area contributed by atoms with Gasteiger partial charge in [-0.3, -0.25) is 14.6 Å². The van der Waals surface area contributed by atoms with Crippen LogP contribution in [0.1, 0.15) is 33.9 Å². The highest BCUT2D eigenvalue weighted by Gasteiger charge is 2.23.